The van der Waals surface area contributed by atoms with Crippen molar-refractivity contribution < 1.29 is 0 Å². The molecule has 1 heterocycles. The van der Waals surface area contributed by atoms with Crippen LogP contribution in [0.3, 0.4) is 0 Å². The molecule has 0 spiro atoms. The van der Waals surface area contributed by atoms with Crippen molar-refractivity contribution in [3.8, 4) is 6.07 Å². The molecule has 86 valence electrons. The Bertz CT molecular complexity index is 211. The lowest BCUT2D eigenvalue weighted by molar-refractivity contribution is 0.155. The average Bonchev–Trinajstić information content (AvgIpc) is 2.20. The molecule has 1 aliphatic rings. The van der Waals surface area contributed by atoms with Gasteiger partial charge >= 0.3 is 0 Å². The maximum atomic E-state index is 8.75. The Kier molecular flexibility index (Phi) is 5.07. The highest BCUT2D eigenvalue weighted by Gasteiger charge is 2.20. The fourth-order valence-corrected chi connectivity index (χ4v) is 2.30. The maximum Gasteiger partial charge on any atom is 0.0666 e. The third-order valence-corrected chi connectivity index (χ3v) is 3.08. The zero-order valence-corrected chi connectivity index (χ0v) is 10.2. The SMILES string of the molecule is CC(C#N)CN1CCC(CN(C)C)CC1. The van der Waals surface area contributed by atoms with Gasteiger partial charge in [0, 0.05) is 13.1 Å². The van der Waals surface area contributed by atoms with Crippen LogP contribution in [0.5, 0.6) is 0 Å². The second-order valence-corrected chi connectivity index (χ2v) is 5.04. The molecule has 0 aromatic rings. The van der Waals surface area contributed by atoms with Crippen LogP contribution < -0.4 is 0 Å². The van der Waals surface area contributed by atoms with Gasteiger partial charge in [0.1, 0.15) is 0 Å². The van der Waals surface area contributed by atoms with Crippen LogP contribution in [-0.4, -0.2) is 50.1 Å². The molecule has 1 saturated heterocycles. The number of likely N-dealkylation sites (tertiary alicyclic amines) is 1. The van der Waals surface area contributed by atoms with Gasteiger partial charge in [-0.1, -0.05) is 0 Å². The van der Waals surface area contributed by atoms with Crippen LogP contribution in [0, 0.1) is 23.2 Å². The van der Waals surface area contributed by atoms with Gasteiger partial charge in [0.25, 0.3) is 0 Å². The van der Waals surface area contributed by atoms with Crippen LogP contribution in [0.2, 0.25) is 0 Å². The molecule has 0 bridgehead atoms. The van der Waals surface area contributed by atoms with E-state index in [0.29, 0.717) is 0 Å². The minimum Gasteiger partial charge on any atom is -0.309 e. The van der Waals surface area contributed by atoms with Crippen LogP contribution in [0.1, 0.15) is 19.8 Å². The van der Waals surface area contributed by atoms with Crippen molar-refractivity contribution in [2.75, 3.05) is 40.3 Å². The van der Waals surface area contributed by atoms with Gasteiger partial charge in [-0.2, -0.15) is 5.26 Å². The van der Waals surface area contributed by atoms with Gasteiger partial charge in [0.05, 0.1) is 12.0 Å². The summed E-state index contributed by atoms with van der Waals surface area (Å²) < 4.78 is 0. The van der Waals surface area contributed by atoms with Crippen molar-refractivity contribution in [3.63, 3.8) is 0 Å². The van der Waals surface area contributed by atoms with Crippen molar-refractivity contribution in [2.45, 2.75) is 19.8 Å². The molecule has 0 N–H and O–H groups in total. The summed E-state index contributed by atoms with van der Waals surface area (Å²) >= 11 is 0. The molecule has 1 fully saturated rings. The van der Waals surface area contributed by atoms with E-state index in [-0.39, 0.29) is 5.92 Å². The fourth-order valence-electron chi connectivity index (χ4n) is 2.30. The first-order chi connectivity index (χ1) is 7.11. The maximum absolute atomic E-state index is 8.75. The van der Waals surface area contributed by atoms with Crippen molar-refractivity contribution in [3.05, 3.63) is 0 Å². The van der Waals surface area contributed by atoms with Crippen LogP contribution in [-0.2, 0) is 0 Å². The first-order valence-corrected chi connectivity index (χ1v) is 5.88. The normalized spacial score (nSPS) is 21.5. The number of rotatable bonds is 4. The molecule has 1 atom stereocenters. The summed E-state index contributed by atoms with van der Waals surface area (Å²) in [6.07, 6.45) is 2.58. The molecule has 0 aromatic carbocycles. The summed E-state index contributed by atoms with van der Waals surface area (Å²) in [4.78, 5) is 4.71. The lowest BCUT2D eigenvalue weighted by Gasteiger charge is -2.33. The molecule has 0 aliphatic carbocycles. The molecular formula is C12H23N3. The van der Waals surface area contributed by atoms with Crippen molar-refractivity contribution in [1.29, 1.82) is 5.26 Å². The first kappa shape index (κ1) is 12.5. The average molecular weight is 209 g/mol. The lowest BCUT2D eigenvalue weighted by atomic mass is 9.96. The van der Waals surface area contributed by atoms with Crippen molar-refractivity contribution in [1.82, 2.24) is 9.80 Å². The zero-order chi connectivity index (χ0) is 11.3. The molecule has 3 heteroatoms. The molecule has 1 rings (SSSR count). The highest BCUT2D eigenvalue weighted by molar-refractivity contribution is 4.83. The Morgan fingerprint density at radius 2 is 2.00 bits per heavy atom. The number of piperidine rings is 1. The van der Waals surface area contributed by atoms with Gasteiger partial charge < -0.3 is 9.80 Å². The number of nitrogens with zero attached hydrogens (tertiary/aromatic N) is 3. The molecule has 15 heavy (non-hydrogen) atoms. The largest absolute Gasteiger partial charge is 0.309 e. The molecular weight excluding hydrogens is 186 g/mol. The van der Waals surface area contributed by atoms with E-state index in [9.17, 15) is 0 Å². The van der Waals surface area contributed by atoms with Gasteiger partial charge in [-0.05, 0) is 52.9 Å². The highest BCUT2D eigenvalue weighted by Crippen LogP contribution is 2.18. The molecule has 0 aromatic heterocycles. The van der Waals surface area contributed by atoms with E-state index < -0.39 is 0 Å². The molecule has 0 amide bonds. The Labute approximate surface area is 93.7 Å². The summed E-state index contributed by atoms with van der Waals surface area (Å²) in [6, 6.07) is 2.31. The quantitative estimate of drug-likeness (QED) is 0.701. The summed E-state index contributed by atoms with van der Waals surface area (Å²) in [5.74, 6) is 1.03. The highest BCUT2D eigenvalue weighted by atomic mass is 15.1. The number of hydrogen-bond donors (Lipinski definition) is 0. The van der Waals surface area contributed by atoms with Gasteiger partial charge in [0.2, 0.25) is 0 Å². The Morgan fingerprint density at radius 3 is 2.47 bits per heavy atom. The molecule has 0 radical (unpaired) electrons. The van der Waals surface area contributed by atoms with Gasteiger partial charge in [-0.3, -0.25) is 0 Å². The lowest BCUT2D eigenvalue weighted by Crippen LogP contribution is -2.38. The van der Waals surface area contributed by atoms with Gasteiger partial charge in [-0.15, -0.1) is 0 Å². The standard InChI is InChI=1S/C12H23N3/c1-11(8-13)9-15-6-4-12(5-7-15)10-14(2)3/h11-12H,4-7,9-10H2,1-3H3. The van der Waals surface area contributed by atoms with Crippen LogP contribution in [0.25, 0.3) is 0 Å². The van der Waals surface area contributed by atoms with E-state index in [1.807, 2.05) is 6.92 Å². The second-order valence-electron chi connectivity index (χ2n) is 5.04. The van der Waals surface area contributed by atoms with Crippen molar-refractivity contribution in [2.24, 2.45) is 11.8 Å². The van der Waals surface area contributed by atoms with Gasteiger partial charge in [0.15, 0.2) is 0 Å². The van der Waals surface area contributed by atoms with E-state index in [1.54, 1.807) is 0 Å². The Balaban J connectivity index is 2.21. The fraction of sp³-hybridized carbons (Fsp3) is 0.917. The Morgan fingerprint density at radius 1 is 1.40 bits per heavy atom. The van der Waals surface area contributed by atoms with Crippen LogP contribution in [0.4, 0.5) is 0 Å². The first-order valence-electron chi connectivity index (χ1n) is 5.88. The summed E-state index contributed by atoms with van der Waals surface area (Å²) in [7, 11) is 4.29. The molecule has 1 aliphatic heterocycles. The minimum atomic E-state index is 0.176. The Hall–Kier alpha value is -0.590. The topological polar surface area (TPSA) is 30.3 Å². The van der Waals surface area contributed by atoms with Crippen molar-refractivity contribution >= 4 is 0 Å². The summed E-state index contributed by atoms with van der Waals surface area (Å²) in [6.45, 7) is 6.51. The molecule has 3 nitrogen and oxygen atoms in total. The summed E-state index contributed by atoms with van der Waals surface area (Å²) in [5.41, 5.74) is 0. The van der Waals surface area contributed by atoms with Crippen LogP contribution in [0.15, 0.2) is 0 Å². The second kappa shape index (κ2) is 6.09. The zero-order valence-electron chi connectivity index (χ0n) is 10.2. The molecule has 1 unspecified atom stereocenters. The van der Waals surface area contributed by atoms with E-state index in [1.165, 1.54) is 32.5 Å². The minimum absolute atomic E-state index is 0.176. The van der Waals surface area contributed by atoms with Crippen LogP contribution >= 0.6 is 0 Å². The van der Waals surface area contributed by atoms with E-state index >= 15 is 0 Å². The summed E-state index contributed by atoms with van der Waals surface area (Å²) in [5, 5.41) is 8.75. The van der Waals surface area contributed by atoms with Gasteiger partial charge in [-0.25, -0.2) is 0 Å². The smallest absolute Gasteiger partial charge is 0.0666 e. The number of nitriles is 1. The third-order valence-electron chi connectivity index (χ3n) is 3.08. The third kappa shape index (κ3) is 4.63. The number of hydrogen-bond acceptors (Lipinski definition) is 3. The molecule has 0 saturated carbocycles. The van der Waals surface area contributed by atoms with E-state index in [0.717, 1.165) is 12.5 Å². The predicted octanol–water partition coefficient (Wildman–Crippen LogP) is 1.42. The van der Waals surface area contributed by atoms with E-state index in [4.69, 9.17) is 5.26 Å². The van der Waals surface area contributed by atoms with E-state index in [2.05, 4.69) is 30.0 Å². The predicted molar refractivity (Wildman–Crippen MR) is 62.5 cm³/mol. The monoisotopic (exact) mass is 209 g/mol.